The predicted octanol–water partition coefficient (Wildman–Crippen LogP) is 6.25. The Kier molecular flexibility index (Phi) is 4.45. The minimum Gasteiger partial charge on any atom is -0.496 e. The molecule has 0 aliphatic rings. The average molecular weight is 392 g/mol. The number of H-pyrrole nitrogens is 1. The van der Waals surface area contributed by atoms with Gasteiger partial charge in [-0.05, 0) is 24.3 Å². The van der Waals surface area contributed by atoms with Gasteiger partial charge in [-0.25, -0.2) is 0 Å². The third-order valence-corrected chi connectivity index (χ3v) is 5.36. The summed E-state index contributed by atoms with van der Waals surface area (Å²) in [4.78, 5) is 16.5. The van der Waals surface area contributed by atoms with Crippen LogP contribution in [0.5, 0.6) is 5.75 Å². The first-order chi connectivity index (χ1) is 14.8. The number of carbonyl (C=O) groups is 1. The first-order valence-corrected chi connectivity index (χ1v) is 9.79. The van der Waals surface area contributed by atoms with Gasteiger partial charge in [-0.1, -0.05) is 66.7 Å². The maximum absolute atomic E-state index is 13.0. The van der Waals surface area contributed by atoms with Crippen molar-refractivity contribution in [2.45, 2.75) is 0 Å². The lowest BCUT2D eigenvalue weighted by Crippen LogP contribution is -2.13. The highest BCUT2D eigenvalue weighted by Crippen LogP contribution is 2.36. The van der Waals surface area contributed by atoms with Gasteiger partial charge in [0.05, 0.1) is 18.2 Å². The molecule has 1 amide bonds. The molecular weight excluding hydrogens is 372 g/mol. The Bertz CT molecular complexity index is 1380. The van der Waals surface area contributed by atoms with Crippen molar-refractivity contribution in [2.24, 2.45) is 0 Å². The van der Waals surface area contributed by atoms with Crippen molar-refractivity contribution in [2.75, 3.05) is 12.4 Å². The summed E-state index contributed by atoms with van der Waals surface area (Å²) in [5.41, 5.74) is 5.39. The van der Waals surface area contributed by atoms with Gasteiger partial charge in [0.15, 0.2) is 0 Å². The number of ether oxygens (including phenoxy) is 1. The molecule has 5 rings (SSSR count). The molecule has 0 atom stereocenters. The molecule has 146 valence electrons. The second kappa shape index (κ2) is 7.41. The number of hydrogen-bond donors (Lipinski definition) is 2. The number of hydrogen-bond acceptors (Lipinski definition) is 2. The normalized spacial score (nSPS) is 11.0. The lowest BCUT2D eigenvalue weighted by molar-refractivity contribution is 0.102. The number of para-hydroxylation sites is 4. The first kappa shape index (κ1) is 18.0. The molecule has 0 saturated carbocycles. The molecule has 0 fully saturated rings. The van der Waals surface area contributed by atoms with Crippen LogP contribution in [-0.2, 0) is 0 Å². The Morgan fingerprint density at radius 2 is 1.47 bits per heavy atom. The van der Waals surface area contributed by atoms with Crippen molar-refractivity contribution < 1.29 is 9.53 Å². The van der Waals surface area contributed by atoms with Crippen molar-refractivity contribution in [3.8, 4) is 16.9 Å². The first-order valence-electron chi connectivity index (χ1n) is 9.79. The summed E-state index contributed by atoms with van der Waals surface area (Å²) in [6, 6.07) is 29.6. The number of carbonyl (C=O) groups excluding carboxylic acids is 1. The van der Waals surface area contributed by atoms with Gasteiger partial charge in [0.1, 0.15) is 5.75 Å². The topological polar surface area (TPSA) is 54.1 Å². The van der Waals surface area contributed by atoms with Crippen LogP contribution in [0, 0.1) is 0 Å². The molecule has 1 heterocycles. The molecule has 30 heavy (non-hydrogen) atoms. The van der Waals surface area contributed by atoms with Gasteiger partial charge < -0.3 is 15.0 Å². The molecule has 2 N–H and O–H groups in total. The SMILES string of the molecule is COc1ccccc1C(=O)Nc1ccccc1-c1cccc2c1[nH]c1ccccc12. The number of fused-ring (bicyclic) bond motifs is 3. The number of aromatic amines is 1. The van der Waals surface area contributed by atoms with Crippen LogP contribution < -0.4 is 10.1 Å². The third-order valence-electron chi connectivity index (χ3n) is 5.36. The lowest BCUT2D eigenvalue weighted by Gasteiger charge is -2.13. The fourth-order valence-electron chi connectivity index (χ4n) is 3.95. The van der Waals surface area contributed by atoms with Gasteiger partial charge in [-0.2, -0.15) is 0 Å². The maximum atomic E-state index is 13.0. The lowest BCUT2D eigenvalue weighted by atomic mass is 10.00. The van der Waals surface area contributed by atoms with E-state index in [0.717, 1.165) is 33.2 Å². The smallest absolute Gasteiger partial charge is 0.259 e. The Morgan fingerprint density at radius 1 is 0.767 bits per heavy atom. The Labute approximate surface area is 174 Å². The molecule has 4 heteroatoms. The zero-order valence-corrected chi connectivity index (χ0v) is 16.5. The number of methoxy groups -OCH3 is 1. The van der Waals surface area contributed by atoms with Gasteiger partial charge >= 0.3 is 0 Å². The second-order valence-electron chi connectivity index (χ2n) is 7.10. The van der Waals surface area contributed by atoms with Gasteiger partial charge in [0, 0.05) is 33.1 Å². The highest BCUT2D eigenvalue weighted by molar-refractivity contribution is 6.14. The molecule has 4 nitrogen and oxygen atoms in total. The summed E-state index contributed by atoms with van der Waals surface area (Å²) in [7, 11) is 1.57. The van der Waals surface area contributed by atoms with Crippen molar-refractivity contribution in [1.82, 2.24) is 4.98 Å². The van der Waals surface area contributed by atoms with E-state index in [1.807, 2.05) is 48.5 Å². The molecule has 0 spiro atoms. The number of anilines is 1. The van der Waals surface area contributed by atoms with Crippen molar-refractivity contribution in [1.29, 1.82) is 0 Å². The summed E-state index contributed by atoms with van der Waals surface area (Å²) in [6.07, 6.45) is 0. The van der Waals surface area contributed by atoms with Crippen molar-refractivity contribution in [3.63, 3.8) is 0 Å². The molecule has 1 aromatic heterocycles. The monoisotopic (exact) mass is 392 g/mol. The zero-order chi connectivity index (χ0) is 20.5. The molecule has 0 saturated heterocycles. The molecule has 0 aliphatic heterocycles. The predicted molar refractivity (Wildman–Crippen MR) is 122 cm³/mol. The van der Waals surface area contributed by atoms with Crippen LogP contribution in [0.4, 0.5) is 5.69 Å². The largest absolute Gasteiger partial charge is 0.496 e. The number of benzene rings is 4. The Morgan fingerprint density at radius 3 is 2.37 bits per heavy atom. The van der Waals surface area contributed by atoms with Gasteiger partial charge in [-0.3, -0.25) is 4.79 Å². The van der Waals surface area contributed by atoms with E-state index >= 15 is 0 Å². The van der Waals surface area contributed by atoms with Gasteiger partial charge in [-0.15, -0.1) is 0 Å². The van der Waals surface area contributed by atoms with E-state index < -0.39 is 0 Å². The minimum absolute atomic E-state index is 0.205. The number of rotatable bonds is 4. The summed E-state index contributed by atoms with van der Waals surface area (Å²) >= 11 is 0. The van der Waals surface area contributed by atoms with Crippen molar-refractivity contribution >= 4 is 33.4 Å². The molecule has 0 unspecified atom stereocenters. The average Bonchev–Trinajstić information content (AvgIpc) is 3.18. The Hall–Kier alpha value is -4.05. The molecule has 0 radical (unpaired) electrons. The van der Waals surface area contributed by atoms with E-state index in [1.165, 1.54) is 5.39 Å². The summed E-state index contributed by atoms with van der Waals surface area (Å²) < 4.78 is 5.34. The van der Waals surface area contributed by atoms with Crippen molar-refractivity contribution in [3.05, 3.63) is 96.6 Å². The molecule has 0 aliphatic carbocycles. The second-order valence-corrected chi connectivity index (χ2v) is 7.10. The molecular formula is C26H20N2O2. The van der Waals surface area contributed by atoms with Crippen LogP contribution in [0.2, 0.25) is 0 Å². The summed E-state index contributed by atoms with van der Waals surface area (Å²) in [5, 5.41) is 5.41. The van der Waals surface area contributed by atoms with E-state index in [0.29, 0.717) is 11.3 Å². The van der Waals surface area contributed by atoms with E-state index in [4.69, 9.17) is 4.74 Å². The highest BCUT2D eigenvalue weighted by atomic mass is 16.5. The quantitative estimate of drug-likeness (QED) is 0.380. The van der Waals surface area contributed by atoms with E-state index in [1.54, 1.807) is 19.2 Å². The summed E-state index contributed by atoms with van der Waals surface area (Å²) in [6.45, 7) is 0. The van der Waals surface area contributed by atoms with Gasteiger partial charge in [0.2, 0.25) is 0 Å². The number of aromatic nitrogens is 1. The maximum Gasteiger partial charge on any atom is 0.259 e. The fourth-order valence-corrected chi connectivity index (χ4v) is 3.95. The highest BCUT2D eigenvalue weighted by Gasteiger charge is 2.16. The van der Waals surface area contributed by atoms with E-state index in [9.17, 15) is 4.79 Å². The van der Waals surface area contributed by atoms with Crippen LogP contribution in [0.25, 0.3) is 32.9 Å². The standard InChI is InChI=1S/C26H20N2O2/c1-30-24-16-7-4-11-21(24)26(29)28-23-15-6-3-10-18(23)20-13-8-12-19-17-9-2-5-14-22(17)27-25(19)20/h2-16,27H,1H3,(H,28,29). The third kappa shape index (κ3) is 2.99. The Balaban J connectivity index is 1.62. The fraction of sp³-hybridized carbons (Fsp3) is 0.0385. The van der Waals surface area contributed by atoms with Crippen LogP contribution in [-0.4, -0.2) is 18.0 Å². The summed E-state index contributed by atoms with van der Waals surface area (Å²) in [5.74, 6) is 0.342. The van der Waals surface area contributed by atoms with Crippen LogP contribution in [0.15, 0.2) is 91.0 Å². The van der Waals surface area contributed by atoms with Crippen LogP contribution in [0.1, 0.15) is 10.4 Å². The molecule has 0 bridgehead atoms. The van der Waals surface area contributed by atoms with E-state index in [-0.39, 0.29) is 5.91 Å². The van der Waals surface area contributed by atoms with Crippen LogP contribution in [0.3, 0.4) is 0 Å². The van der Waals surface area contributed by atoms with Crippen LogP contribution >= 0.6 is 0 Å². The molecule has 4 aromatic carbocycles. The minimum atomic E-state index is -0.205. The van der Waals surface area contributed by atoms with E-state index in [2.05, 4.69) is 40.6 Å². The number of amides is 1. The molecule has 5 aromatic rings. The zero-order valence-electron chi connectivity index (χ0n) is 16.5. The van der Waals surface area contributed by atoms with Gasteiger partial charge in [0.25, 0.3) is 5.91 Å². The number of nitrogens with one attached hydrogen (secondary N) is 2.